The number of ether oxygens (including phenoxy) is 1. The quantitative estimate of drug-likeness (QED) is 0.766. The summed E-state index contributed by atoms with van der Waals surface area (Å²) in [6.45, 7) is 3.96. The van der Waals surface area contributed by atoms with Gasteiger partial charge in [0.2, 0.25) is 0 Å². The van der Waals surface area contributed by atoms with E-state index in [-0.39, 0.29) is 11.4 Å². The third kappa shape index (κ3) is 3.09. The molecule has 0 unspecified atom stereocenters. The molecule has 17 heavy (non-hydrogen) atoms. The first-order valence-corrected chi connectivity index (χ1v) is 6.52. The summed E-state index contributed by atoms with van der Waals surface area (Å²) >= 11 is 0. The van der Waals surface area contributed by atoms with Crippen LogP contribution in [-0.2, 0) is 16.9 Å². The summed E-state index contributed by atoms with van der Waals surface area (Å²) in [6.07, 6.45) is 1.55. The molecule has 1 aromatic carbocycles. The van der Waals surface area contributed by atoms with Gasteiger partial charge in [0.25, 0.3) is 0 Å². The van der Waals surface area contributed by atoms with Crippen molar-refractivity contribution in [1.82, 2.24) is 0 Å². The summed E-state index contributed by atoms with van der Waals surface area (Å²) in [6, 6.07) is 4.45. The van der Waals surface area contributed by atoms with E-state index in [0.29, 0.717) is 5.75 Å². The maximum absolute atomic E-state index is 12.3. The van der Waals surface area contributed by atoms with Gasteiger partial charge in [0.15, 0.2) is 0 Å². The fourth-order valence-electron chi connectivity index (χ4n) is 1.80. The van der Waals surface area contributed by atoms with Gasteiger partial charge in [-0.05, 0) is 50.5 Å². The summed E-state index contributed by atoms with van der Waals surface area (Å²) in [5.41, 5.74) is 0.590. The number of halogens is 1. The Morgan fingerprint density at radius 1 is 1.41 bits per heavy atom. The zero-order valence-electron chi connectivity index (χ0n) is 9.57. The molecule has 0 saturated carbocycles. The van der Waals surface area contributed by atoms with Gasteiger partial charge in [0.05, 0.1) is 0 Å². The zero-order chi connectivity index (χ0) is 12.7. The van der Waals surface area contributed by atoms with E-state index in [1.54, 1.807) is 6.07 Å². The van der Waals surface area contributed by atoms with E-state index in [0.717, 1.165) is 18.4 Å². The van der Waals surface area contributed by atoms with Gasteiger partial charge in [-0.15, -0.1) is 0 Å². The van der Waals surface area contributed by atoms with Crippen molar-refractivity contribution in [3.05, 3.63) is 23.8 Å². The van der Waals surface area contributed by atoms with Crippen molar-refractivity contribution in [2.45, 2.75) is 32.3 Å². The Hall–Kier alpha value is -1.30. The molecule has 0 atom stereocenters. The molecule has 0 bridgehead atoms. The van der Waals surface area contributed by atoms with Gasteiger partial charge < -0.3 is 8.92 Å². The average Bonchev–Trinajstić information content (AvgIpc) is 2.15. The molecule has 0 N–H and O–H groups in total. The summed E-state index contributed by atoms with van der Waals surface area (Å²) in [5, 5.41) is 0. The molecular weight excluding hydrogens is 247 g/mol. The lowest BCUT2D eigenvalue weighted by atomic mass is 9.94. The Labute approximate surface area is 99.8 Å². The van der Waals surface area contributed by atoms with Crippen molar-refractivity contribution in [3.63, 3.8) is 0 Å². The van der Waals surface area contributed by atoms with Crippen LogP contribution >= 0.6 is 0 Å². The smallest absolute Gasteiger partial charge is 0.488 e. The summed E-state index contributed by atoms with van der Waals surface area (Å²) in [7, 11) is -4.97. The third-order valence-corrected chi connectivity index (χ3v) is 3.00. The SMILES string of the molecule is CC1(C)CCc2cc(OS(=O)(=O)F)ccc2O1. The molecule has 2 rings (SSSR count). The fourth-order valence-corrected chi connectivity index (χ4v) is 2.14. The number of fused-ring (bicyclic) bond motifs is 1. The number of rotatable bonds is 2. The van der Waals surface area contributed by atoms with Gasteiger partial charge in [-0.3, -0.25) is 0 Å². The van der Waals surface area contributed by atoms with Crippen LogP contribution in [0.25, 0.3) is 0 Å². The third-order valence-electron chi connectivity index (χ3n) is 2.61. The maximum atomic E-state index is 12.3. The molecule has 0 fully saturated rings. The maximum Gasteiger partial charge on any atom is 0.488 e. The Morgan fingerprint density at radius 3 is 2.76 bits per heavy atom. The molecule has 1 aliphatic rings. The Balaban J connectivity index is 2.28. The van der Waals surface area contributed by atoms with E-state index >= 15 is 0 Å². The van der Waals surface area contributed by atoms with Crippen molar-refractivity contribution in [2.24, 2.45) is 0 Å². The second-order valence-electron chi connectivity index (χ2n) is 4.61. The number of aryl methyl sites for hydroxylation is 1. The van der Waals surface area contributed by atoms with Crippen LogP contribution in [0.15, 0.2) is 18.2 Å². The van der Waals surface area contributed by atoms with Crippen LogP contribution in [0.2, 0.25) is 0 Å². The van der Waals surface area contributed by atoms with Crippen LogP contribution in [0.4, 0.5) is 3.89 Å². The molecule has 0 spiro atoms. The topological polar surface area (TPSA) is 52.6 Å². The first-order valence-electron chi connectivity index (χ1n) is 5.21. The van der Waals surface area contributed by atoms with E-state index in [9.17, 15) is 12.3 Å². The van der Waals surface area contributed by atoms with E-state index in [2.05, 4.69) is 4.18 Å². The highest BCUT2D eigenvalue weighted by molar-refractivity contribution is 7.81. The van der Waals surface area contributed by atoms with Gasteiger partial charge in [-0.1, -0.05) is 3.89 Å². The molecule has 0 radical (unpaired) electrons. The van der Waals surface area contributed by atoms with Crippen LogP contribution < -0.4 is 8.92 Å². The number of hydrogen-bond donors (Lipinski definition) is 0. The minimum absolute atomic E-state index is 0.0328. The second kappa shape index (κ2) is 3.87. The van der Waals surface area contributed by atoms with Crippen molar-refractivity contribution in [2.75, 3.05) is 0 Å². The molecule has 0 amide bonds. The minimum atomic E-state index is -4.97. The number of hydrogen-bond acceptors (Lipinski definition) is 4. The van der Waals surface area contributed by atoms with Crippen LogP contribution in [0.1, 0.15) is 25.8 Å². The average molecular weight is 260 g/mol. The normalized spacial score (nSPS) is 18.1. The monoisotopic (exact) mass is 260 g/mol. The zero-order valence-corrected chi connectivity index (χ0v) is 10.4. The molecule has 0 aromatic heterocycles. The van der Waals surface area contributed by atoms with Gasteiger partial charge >= 0.3 is 10.5 Å². The summed E-state index contributed by atoms with van der Waals surface area (Å²) < 4.78 is 42.9. The Bertz CT molecular complexity index is 536. The Morgan fingerprint density at radius 2 is 2.12 bits per heavy atom. The molecule has 1 heterocycles. The van der Waals surface area contributed by atoms with Gasteiger partial charge in [-0.25, -0.2) is 0 Å². The molecule has 0 saturated heterocycles. The van der Waals surface area contributed by atoms with Crippen LogP contribution in [0.5, 0.6) is 11.5 Å². The van der Waals surface area contributed by atoms with Crippen LogP contribution in [-0.4, -0.2) is 14.0 Å². The predicted molar refractivity (Wildman–Crippen MR) is 60.1 cm³/mol. The van der Waals surface area contributed by atoms with Crippen molar-refractivity contribution < 1.29 is 21.2 Å². The highest BCUT2D eigenvalue weighted by Crippen LogP contribution is 2.35. The Kier molecular flexibility index (Phi) is 2.77. The first kappa shape index (κ1) is 12.2. The molecule has 4 nitrogen and oxygen atoms in total. The van der Waals surface area contributed by atoms with Crippen LogP contribution in [0, 0.1) is 0 Å². The minimum Gasteiger partial charge on any atom is -0.488 e. The second-order valence-corrected chi connectivity index (χ2v) is 5.56. The standard InChI is InChI=1S/C11H13FO4S/c1-11(2)6-5-8-7-9(16-17(12,13)14)3-4-10(8)15-11/h3-4,7H,5-6H2,1-2H3. The first-order chi connectivity index (χ1) is 7.75. The predicted octanol–water partition coefficient (Wildman–Crippen LogP) is 2.38. The van der Waals surface area contributed by atoms with E-state index < -0.39 is 10.5 Å². The molecule has 1 aliphatic heterocycles. The van der Waals surface area contributed by atoms with Crippen molar-refractivity contribution in [1.29, 1.82) is 0 Å². The van der Waals surface area contributed by atoms with E-state index in [4.69, 9.17) is 4.74 Å². The van der Waals surface area contributed by atoms with Crippen molar-refractivity contribution >= 4 is 10.5 Å². The van der Waals surface area contributed by atoms with Gasteiger partial charge in [-0.2, -0.15) is 8.42 Å². The summed E-state index contributed by atoms with van der Waals surface area (Å²) in [5.74, 6) is 0.652. The molecule has 1 aromatic rings. The van der Waals surface area contributed by atoms with E-state index in [1.165, 1.54) is 12.1 Å². The molecule has 0 aliphatic carbocycles. The van der Waals surface area contributed by atoms with E-state index in [1.807, 2.05) is 13.8 Å². The lowest BCUT2D eigenvalue weighted by Crippen LogP contribution is -2.32. The van der Waals surface area contributed by atoms with Gasteiger partial charge in [0, 0.05) is 0 Å². The molecule has 6 heteroatoms. The highest BCUT2D eigenvalue weighted by Gasteiger charge is 2.27. The fraction of sp³-hybridized carbons (Fsp3) is 0.455. The lowest BCUT2D eigenvalue weighted by Gasteiger charge is -2.32. The number of benzene rings is 1. The summed E-state index contributed by atoms with van der Waals surface area (Å²) in [4.78, 5) is 0. The highest BCUT2D eigenvalue weighted by atomic mass is 32.3. The van der Waals surface area contributed by atoms with Crippen LogP contribution in [0.3, 0.4) is 0 Å². The molecular formula is C11H13FO4S. The van der Waals surface area contributed by atoms with Crippen molar-refractivity contribution in [3.8, 4) is 11.5 Å². The van der Waals surface area contributed by atoms with Gasteiger partial charge in [0.1, 0.15) is 17.1 Å². The molecule has 94 valence electrons. The lowest BCUT2D eigenvalue weighted by molar-refractivity contribution is 0.0846. The largest absolute Gasteiger partial charge is 0.488 e.